The van der Waals surface area contributed by atoms with E-state index in [0.717, 1.165) is 19.4 Å². The van der Waals surface area contributed by atoms with E-state index in [-0.39, 0.29) is 11.6 Å². The summed E-state index contributed by atoms with van der Waals surface area (Å²) in [5.41, 5.74) is 1.32. The number of anilines is 1. The first-order valence-corrected chi connectivity index (χ1v) is 7.03. The van der Waals surface area contributed by atoms with E-state index in [1.807, 2.05) is 0 Å². The van der Waals surface area contributed by atoms with E-state index in [2.05, 4.69) is 10.6 Å². The summed E-state index contributed by atoms with van der Waals surface area (Å²) in [6.45, 7) is 3.75. The molecule has 2 rings (SSSR count). The van der Waals surface area contributed by atoms with E-state index in [4.69, 9.17) is 9.84 Å². The number of rotatable bonds is 4. The molecule has 1 aliphatic heterocycles. The van der Waals surface area contributed by atoms with Crippen molar-refractivity contribution >= 4 is 17.7 Å². The molecular weight excluding hydrogens is 272 g/mol. The summed E-state index contributed by atoms with van der Waals surface area (Å²) in [7, 11) is 0. The Balaban J connectivity index is 1.87. The third-order valence-corrected chi connectivity index (χ3v) is 3.53. The van der Waals surface area contributed by atoms with Crippen LogP contribution in [-0.4, -0.2) is 36.9 Å². The summed E-state index contributed by atoms with van der Waals surface area (Å²) in [4.78, 5) is 22.9. The van der Waals surface area contributed by atoms with Crippen LogP contribution in [0.1, 0.15) is 28.8 Å². The highest BCUT2D eigenvalue weighted by Gasteiger charge is 2.15. The molecule has 1 saturated heterocycles. The second kappa shape index (κ2) is 7.08. The third-order valence-electron chi connectivity index (χ3n) is 3.53. The molecule has 0 aliphatic carbocycles. The van der Waals surface area contributed by atoms with Crippen LogP contribution in [-0.2, 0) is 4.74 Å². The van der Waals surface area contributed by atoms with E-state index in [1.165, 1.54) is 6.07 Å². The Hall–Kier alpha value is -2.08. The zero-order valence-electron chi connectivity index (χ0n) is 12.0. The number of nitrogens with one attached hydrogen (secondary N) is 2. The molecule has 0 aromatic heterocycles. The van der Waals surface area contributed by atoms with E-state index < -0.39 is 5.97 Å². The molecule has 6 nitrogen and oxygen atoms in total. The Morgan fingerprint density at radius 1 is 1.43 bits per heavy atom. The number of carbonyl (C=O) groups is 2. The maximum Gasteiger partial charge on any atom is 0.336 e. The number of hydrogen-bond acceptors (Lipinski definition) is 3. The number of urea groups is 1. The Bertz CT molecular complexity index is 524. The molecule has 1 fully saturated rings. The average molecular weight is 292 g/mol. The van der Waals surface area contributed by atoms with Gasteiger partial charge in [-0.25, -0.2) is 9.59 Å². The quantitative estimate of drug-likeness (QED) is 0.794. The van der Waals surface area contributed by atoms with Gasteiger partial charge in [-0.3, -0.25) is 0 Å². The maximum atomic E-state index is 11.8. The second-order valence-corrected chi connectivity index (χ2v) is 5.25. The van der Waals surface area contributed by atoms with E-state index in [9.17, 15) is 9.59 Å². The van der Waals surface area contributed by atoms with Gasteiger partial charge in [0.05, 0.1) is 12.2 Å². The van der Waals surface area contributed by atoms with Crippen molar-refractivity contribution in [1.29, 1.82) is 0 Å². The summed E-state index contributed by atoms with van der Waals surface area (Å²) < 4.78 is 5.35. The summed E-state index contributed by atoms with van der Waals surface area (Å²) in [6, 6.07) is 4.49. The summed E-state index contributed by atoms with van der Waals surface area (Å²) in [6.07, 6.45) is 2.07. The molecule has 1 atom stereocenters. The molecule has 1 aliphatic rings. The van der Waals surface area contributed by atoms with Crippen LogP contribution in [0.4, 0.5) is 10.5 Å². The van der Waals surface area contributed by atoms with Crippen molar-refractivity contribution < 1.29 is 19.4 Å². The monoisotopic (exact) mass is 292 g/mol. The number of ether oxygens (including phenoxy) is 1. The summed E-state index contributed by atoms with van der Waals surface area (Å²) in [5, 5.41) is 14.5. The van der Waals surface area contributed by atoms with Crippen molar-refractivity contribution in [1.82, 2.24) is 5.32 Å². The largest absolute Gasteiger partial charge is 0.478 e. The van der Waals surface area contributed by atoms with Crippen LogP contribution in [0.15, 0.2) is 18.2 Å². The Kier molecular flexibility index (Phi) is 5.16. The lowest BCUT2D eigenvalue weighted by atomic mass is 10.0. The van der Waals surface area contributed by atoms with Crippen molar-refractivity contribution in [2.75, 3.05) is 25.1 Å². The van der Waals surface area contributed by atoms with Crippen molar-refractivity contribution in [3.63, 3.8) is 0 Å². The minimum atomic E-state index is -1.00. The molecular formula is C15H20N2O4. The number of amides is 2. The lowest BCUT2D eigenvalue weighted by Gasteiger charge is -2.22. The lowest BCUT2D eigenvalue weighted by molar-refractivity contribution is 0.0559. The summed E-state index contributed by atoms with van der Waals surface area (Å²) >= 11 is 0. The van der Waals surface area contributed by atoms with E-state index >= 15 is 0 Å². The van der Waals surface area contributed by atoms with Gasteiger partial charge in [0.2, 0.25) is 0 Å². The molecule has 3 N–H and O–H groups in total. The number of aryl methyl sites for hydroxylation is 1. The minimum absolute atomic E-state index is 0.188. The van der Waals surface area contributed by atoms with Crippen molar-refractivity contribution in [3.05, 3.63) is 29.3 Å². The van der Waals surface area contributed by atoms with Gasteiger partial charge in [-0.15, -0.1) is 0 Å². The zero-order chi connectivity index (χ0) is 15.2. The van der Waals surface area contributed by atoms with Gasteiger partial charge >= 0.3 is 12.0 Å². The average Bonchev–Trinajstić information content (AvgIpc) is 2.48. The van der Waals surface area contributed by atoms with Crippen LogP contribution < -0.4 is 10.6 Å². The standard InChI is InChI=1S/C15H20N2O4/c1-10-4-5-12(7-13(10)14(18)19)17-15(20)16-8-11-3-2-6-21-9-11/h4-5,7,11H,2-3,6,8-9H2,1H3,(H,18,19)(H2,16,17,20). The third kappa shape index (κ3) is 4.46. The zero-order valence-corrected chi connectivity index (χ0v) is 12.0. The van der Waals surface area contributed by atoms with Gasteiger partial charge < -0.3 is 20.5 Å². The Morgan fingerprint density at radius 3 is 2.90 bits per heavy atom. The molecule has 1 heterocycles. The summed E-state index contributed by atoms with van der Waals surface area (Å²) in [5.74, 6) is -0.659. The van der Waals surface area contributed by atoms with Crippen molar-refractivity contribution in [2.45, 2.75) is 19.8 Å². The number of hydrogen-bond donors (Lipinski definition) is 3. The molecule has 1 aromatic carbocycles. The molecule has 2 amide bonds. The van der Waals surface area contributed by atoms with Crippen LogP contribution in [0, 0.1) is 12.8 Å². The van der Waals surface area contributed by atoms with Gasteiger partial charge in [0, 0.05) is 18.8 Å². The van der Waals surface area contributed by atoms with Crippen LogP contribution in [0.3, 0.4) is 0 Å². The number of carboxylic acid groups (broad SMARTS) is 1. The van der Waals surface area contributed by atoms with Crippen molar-refractivity contribution in [2.24, 2.45) is 5.92 Å². The predicted molar refractivity (Wildman–Crippen MR) is 78.7 cm³/mol. The molecule has 1 unspecified atom stereocenters. The van der Waals surface area contributed by atoms with Gasteiger partial charge in [-0.1, -0.05) is 6.07 Å². The van der Waals surface area contributed by atoms with Crippen molar-refractivity contribution in [3.8, 4) is 0 Å². The number of carboxylic acids is 1. The van der Waals surface area contributed by atoms with Gasteiger partial charge in [0.25, 0.3) is 0 Å². The fraction of sp³-hybridized carbons (Fsp3) is 0.467. The number of benzene rings is 1. The van der Waals surface area contributed by atoms with E-state index in [0.29, 0.717) is 30.3 Å². The molecule has 0 radical (unpaired) electrons. The fourth-order valence-electron chi connectivity index (χ4n) is 2.31. The first-order valence-electron chi connectivity index (χ1n) is 7.03. The molecule has 21 heavy (non-hydrogen) atoms. The fourth-order valence-corrected chi connectivity index (χ4v) is 2.31. The topological polar surface area (TPSA) is 87.7 Å². The van der Waals surface area contributed by atoms with Crippen LogP contribution in [0.2, 0.25) is 0 Å². The molecule has 1 aromatic rings. The predicted octanol–water partition coefficient (Wildman–Crippen LogP) is 2.24. The van der Waals surface area contributed by atoms with Gasteiger partial charge in [0.15, 0.2) is 0 Å². The highest BCUT2D eigenvalue weighted by molar-refractivity contribution is 5.94. The van der Waals surface area contributed by atoms with Gasteiger partial charge in [0.1, 0.15) is 0 Å². The maximum absolute atomic E-state index is 11.8. The smallest absolute Gasteiger partial charge is 0.336 e. The van der Waals surface area contributed by atoms with Gasteiger partial charge in [-0.05, 0) is 43.4 Å². The molecule has 0 saturated carbocycles. The van der Waals surface area contributed by atoms with Crippen LogP contribution in [0.5, 0.6) is 0 Å². The highest BCUT2D eigenvalue weighted by atomic mass is 16.5. The SMILES string of the molecule is Cc1ccc(NC(=O)NCC2CCCOC2)cc1C(=O)O. The molecule has 0 spiro atoms. The molecule has 0 bridgehead atoms. The first kappa shape index (κ1) is 15.3. The van der Waals surface area contributed by atoms with Crippen LogP contribution >= 0.6 is 0 Å². The van der Waals surface area contributed by atoms with Gasteiger partial charge in [-0.2, -0.15) is 0 Å². The Labute approximate surface area is 123 Å². The first-order chi connectivity index (χ1) is 10.1. The normalized spacial score (nSPS) is 18.0. The van der Waals surface area contributed by atoms with Crippen LogP contribution in [0.25, 0.3) is 0 Å². The molecule has 114 valence electrons. The number of carbonyl (C=O) groups excluding carboxylic acids is 1. The second-order valence-electron chi connectivity index (χ2n) is 5.25. The lowest BCUT2D eigenvalue weighted by Crippen LogP contribution is -2.35. The highest BCUT2D eigenvalue weighted by Crippen LogP contribution is 2.16. The molecule has 6 heteroatoms. The Morgan fingerprint density at radius 2 is 2.24 bits per heavy atom. The van der Waals surface area contributed by atoms with E-state index in [1.54, 1.807) is 19.1 Å². The number of aromatic carboxylic acids is 1. The minimum Gasteiger partial charge on any atom is -0.478 e.